The lowest BCUT2D eigenvalue weighted by Crippen LogP contribution is -2.38. The van der Waals surface area contributed by atoms with Crippen molar-refractivity contribution in [2.45, 2.75) is 19.2 Å². The van der Waals surface area contributed by atoms with E-state index in [1.165, 1.54) is 18.2 Å². The number of benzene rings is 2. The second kappa shape index (κ2) is 8.79. The summed E-state index contributed by atoms with van der Waals surface area (Å²) in [4.78, 5) is 49.8. The molecular weight excluding hydrogens is 476 g/mol. The van der Waals surface area contributed by atoms with Gasteiger partial charge in [-0.1, -0.05) is 35.3 Å². The molecule has 1 unspecified atom stereocenters. The Morgan fingerprint density at radius 2 is 1.59 bits per heavy atom. The van der Waals surface area contributed by atoms with Gasteiger partial charge >= 0.3 is 12.1 Å². The molecule has 3 amide bonds. The van der Waals surface area contributed by atoms with E-state index in [-0.39, 0.29) is 21.2 Å². The van der Waals surface area contributed by atoms with Crippen LogP contribution in [0.25, 0.3) is 0 Å². The predicted octanol–water partition coefficient (Wildman–Crippen LogP) is 4.18. The number of anilines is 1. The third-order valence-corrected chi connectivity index (χ3v) is 5.19. The largest absolute Gasteiger partial charge is 0.451 e. The lowest BCUT2D eigenvalue weighted by Gasteiger charge is -2.18. The number of nitrogens with zero attached hydrogens (tertiary/aromatic N) is 1. The molecule has 1 atom stereocenters. The molecule has 1 aliphatic rings. The fourth-order valence-corrected chi connectivity index (χ4v) is 3.25. The van der Waals surface area contributed by atoms with E-state index in [1.807, 2.05) is 5.32 Å². The molecule has 1 aliphatic heterocycles. The number of esters is 1. The van der Waals surface area contributed by atoms with E-state index in [0.29, 0.717) is 4.90 Å². The van der Waals surface area contributed by atoms with Crippen LogP contribution in [0.15, 0.2) is 36.4 Å². The Bertz CT molecular complexity index is 1100. The highest BCUT2D eigenvalue weighted by molar-refractivity contribution is 6.43. The third-order valence-electron chi connectivity index (χ3n) is 4.47. The van der Waals surface area contributed by atoms with Crippen LogP contribution in [0.4, 0.5) is 18.9 Å². The number of hydrogen-bond donors (Lipinski definition) is 1. The minimum absolute atomic E-state index is 0.0421. The molecule has 32 heavy (non-hydrogen) atoms. The average molecular weight is 489 g/mol. The van der Waals surface area contributed by atoms with Gasteiger partial charge in [0.15, 0.2) is 6.10 Å². The second-order valence-corrected chi connectivity index (χ2v) is 7.49. The maximum Gasteiger partial charge on any atom is 0.418 e. The summed E-state index contributed by atoms with van der Waals surface area (Å²) < 4.78 is 44.0. The van der Waals surface area contributed by atoms with Gasteiger partial charge in [-0.3, -0.25) is 24.1 Å². The molecule has 0 saturated carbocycles. The molecule has 0 aromatic heterocycles. The summed E-state index contributed by atoms with van der Waals surface area (Å²) in [5, 5.41) is 2.13. The van der Waals surface area contributed by atoms with Crippen LogP contribution in [0.1, 0.15) is 33.2 Å². The number of ether oxygens (including phenoxy) is 1. The maximum absolute atomic E-state index is 13.1. The molecule has 0 fully saturated rings. The van der Waals surface area contributed by atoms with Crippen LogP contribution in [-0.2, 0) is 20.5 Å². The first kappa shape index (κ1) is 23.6. The summed E-state index contributed by atoms with van der Waals surface area (Å²) >= 11 is 11.7. The van der Waals surface area contributed by atoms with Gasteiger partial charge in [0, 0.05) is 0 Å². The van der Waals surface area contributed by atoms with Crippen molar-refractivity contribution in [1.29, 1.82) is 0 Å². The molecule has 3 rings (SSSR count). The van der Waals surface area contributed by atoms with Gasteiger partial charge in [0.05, 0.1) is 32.4 Å². The zero-order valence-electron chi connectivity index (χ0n) is 16.1. The van der Waals surface area contributed by atoms with Crippen molar-refractivity contribution in [2.24, 2.45) is 0 Å². The van der Waals surface area contributed by atoms with Crippen LogP contribution in [-0.4, -0.2) is 41.2 Å². The minimum Gasteiger partial charge on any atom is -0.451 e. The Hall–Kier alpha value is -3.11. The van der Waals surface area contributed by atoms with E-state index in [2.05, 4.69) is 0 Å². The van der Waals surface area contributed by atoms with E-state index in [9.17, 15) is 32.3 Å². The van der Waals surface area contributed by atoms with Gasteiger partial charge in [0.1, 0.15) is 6.54 Å². The highest BCUT2D eigenvalue weighted by Gasteiger charge is 2.38. The number of amides is 3. The van der Waals surface area contributed by atoms with E-state index >= 15 is 0 Å². The Kier molecular flexibility index (Phi) is 6.47. The number of rotatable bonds is 5. The van der Waals surface area contributed by atoms with Gasteiger partial charge in [0.2, 0.25) is 0 Å². The van der Waals surface area contributed by atoms with Crippen molar-refractivity contribution in [3.63, 3.8) is 0 Å². The first-order valence-electron chi connectivity index (χ1n) is 8.92. The number of imide groups is 1. The standard InChI is InChI=1S/C20H13Cl2F3N2O5/c1-9(17(29)26-15-5-3-2-4-12(15)20(23,24)25)32-16(28)8-27-18(30)10-6-13(21)14(22)7-11(10)19(27)31/h2-7,9H,8H2,1H3,(H,26,29). The molecule has 0 radical (unpaired) electrons. The normalized spacial score (nSPS) is 14.2. The lowest BCUT2D eigenvalue weighted by molar-refractivity contribution is -0.153. The first-order chi connectivity index (χ1) is 14.9. The zero-order chi connectivity index (χ0) is 23.8. The molecule has 0 aliphatic carbocycles. The van der Waals surface area contributed by atoms with E-state index in [0.717, 1.165) is 25.1 Å². The predicted molar refractivity (Wildman–Crippen MR) is 107 cm³/mol. The van der Waals surface area contributed by atoms with Crippen LogP contribution in [0, 0.1) is 0 Å². The first-order valence-corrected chi connectivity index (χ1v) is 9.67. The van der Waals surface area contributed by atoms with Crippen molar-refractivity contribution in [3.05, 3.63) is 63.1 Å². The quantitative estimate of drug-likeness (QED) is 0.503. The molecule has 12 heteroatoms. The van der Waals surface area contributed by atoms with Crippen LogP contribution >= 0.6 is 23.2 Å². The van der Waals surface area contributed by atoms with Crippen LogP contribution in [0.3, 0.4) is 0 Å². The fraction of sp³-hybridized carbons (Fsp3) is 0.200. The molecule has 0 saturated heterocycles. The summed E-state index contributed by atoms with van der Waals surface area (Å²) in [6.07, 6.45) is -6.22. The summed E-state index contributed by atoms with van der Waals surface area (Å²) in [7, 11) is 0. The summed E-state index contributed by atoms with van der Waals surface area (Å²) in [6, 6.07) is 6.67. The van der Waals surface area contributed by atoms with Crippen molar-refractivity contribution in [1.82, 2.24) is 4.90 Å². The van der Waals surface area contributed by atoms with Gasteiger partial charge in [0.25, 0.3) is 17.7 Å². The number of alkyl halides is 3. The second-order valence-electron chi connectivity index (χ2n) is 6.67. The molecule has 0 spiro atoms. The number of carbonyl (C=O) groups excluding carboxylic acids is 4. The monoisotopic (exact) mass is 488 g/mol. The number of fused-ring (bicyclic) bond motifs is 1. The highest BCUT2D eigenvalue weighted by Crippen LogP contribution is 2.35. The molecule has 0 bridgehead atoms. The summed E-state index contributed by atoms with van der Waals surface area (Å²) in [6.45, 7) is 0.309. The summed E-state index contributed by atoms with van der Waals surface area (Å²) in [5.41, 5.74) is -1.68. The van der Waals surface area contributed by atoms with Crippen LogP contribution in [0.2, 0.25) is 10.0 Å². The van der Waals surface area contributed by atoms with Crippen LogP contribution in [0.5, 0.6) is 0 Å². The van der Waals surface area contributed by atoms with Gasteiger partial charge in [-0.15, -0.1) is 0 Å². The molecule has 2 aromatic carbocycles. The lowest BCUT2D eigenvalue weighted by atomic mass is 10.1. The number of carbonyl (C=O) groups is 4. The number of nitrogens with one attached hydrogen (secondary N) is 1. The highest BCUT2D eigenvalue weighted by atomic mass is 35.5. The Labute approximate surface area is 189 Å². The number of para-hydroxylation sites is 1. The van der Waals surface area contributed by atoms with Gasteiger partial charge < -0.3 is 10.1 Å². The molecule has 168 valence electrons. The van der Waals surface area contributed by atoms with E-state index in [1.54, 1.807) is 0 Å². The molecular formula is C20H13Cl2F3N2O5. The molecule has 1 N–H and O–H groups in total. The number of hydrogen-bond acceptors (Lipinski definition) is 5. The Morgan fingerprint density at radius 3 is 2.12 bits per heavy atom. The smallest absolute Gasteiger partial charge is 0.418 e. The van der Waals surface area contributed by atoms with Crippen molar-refractivity contribution in [3.8, 4) is 0 Å². The Morgan fingerprint density at radius 1 is 1.06 bits per heavy atom. The molecule has 7 nitrogen and oxygen atoms in total. The molecule has 2 aromatic rings. The van der Waals surface area contributed by atoms with E-state index in [4.69, 9.17) is 27.9 Å². The van der Waals surface area contributed by atoms with Crippen molar-refractivity contribution >= 4 is 52.6 Å². The fourth-order valence-electron chi connectivity index (χ4n) is 2.92. The van der Waals surface area contributed by atoms with Gasteiger partial charge in [-0.2, -0.15) is 13.2 Å². The van der Waals surface area contributed by atoms with Crippen molar-refractivity contribution < 1.29 is 37.1 Å². The maximum atomic E-state index is 13.1. The number of halogens is 5. The minimum atomic E-state index is -4.71. The summed E-state index contributed by atoms with van der Waals surface area (Å²) in [5.74, 6) is -3.77. The van der Waals surface area contributed by atoms with Crippen LogP contribution < -0.4 is 5.32 Å². The van der Waals surface area contributed by atoms with Gasteiger partial charge in [-0.25, -0.2) is 0 Å². The topological polar surface area (TPSA) is 92.8 Å². The third kappa shape index (κ3) is 4.71. The van der Waals surface area contributed by atoms with Crippen molar-refractivity contribution in [2.75, 3.05) is 11.9 Å². The van der Waals surface area contributed by atoms with Gasteiger partial charge in [-0.05, 0) is 31.2 Å². The SMILES string of the molecule is CC(OC(=O)CN1C(=O)c2cc(Cl)c(Cl)cc2C1=O)C(=O)Nc1ccccc1C(F)(F)F. The molecule has 1 heterocycles. The zero-order valence-corrected chi connectivity index (χ0v) is 17.6. The average Bonchev–Trinajstić information content (AvgIpc) is 2.92. The Balaban J connectivity index is 1.65. The van der Waals surface area contributed by atoms with E-state index < -0.39 is 53.8 Å².